The average molecular weight is 927 g/mol. The second-order valence-corrected chi connectivity index (χ2v) is 20.2. The van der Waals surface area contributed by atoms with Crippen molar-refractivity contribution in [1.82, 2.24) is 0 Å². The summed E-state index contributed by atoms with van der Waals surface area (Å²) in [6, 6.07) is 31.1. The first-order valence-corrected chi connectivity index (χ1v) is 27.1. The molecule has 0 saturated heterocycles. The van der Waals surface area contributed by atoms with Gasteiger partial charge >= 0.3 is 13.2 Å². The molecule has 2 aliphatic carbocycles. The molecule has 2 saturated carbocycles. The van der Waals surface area contributed by atoms with E-state index in [1.807, 2.05) is 24.3 Å². The van der Waals surface area contributed by atoms with Crippen LogP contribution in [0, 0.1) is 23.7 Å². The molecule has 0 N–H and O–H groups in total. The first kappa shape index (κ1) is 54.1. The van der Waals surface area contributed by atoms with Crippen molar-refractivity contribution in [3.63, 3.8) is 0 Å². The molecule has 0 aliphatic heterocycles. The van der Waals surface area contributed by atoms with Crippen LogP contribution in [-0.4, -0.2) is 13.2 Å². The number of halogens is 4. The lowest BCUT2D eigenvalue weighted by Gasteiger charge is -2.28. The molecule has 67 heavy (non-hydrogen) atoms. The van der Waals surface area contributed by atoms with E-state index in [4.69, 9.17) is 0 Å². The van der Waals surface area contributed by atoms with Crippen molar-refractivity contribution >= 4 is 0 Å². The highest BCUT2D eigenvalue weighted by Crippen LogP contribution is 2.36. The van der Waals surface area contributed by atoms with Crippen molar-refractivity contribution in [2.24, 2.45) is 23.7 Å². The lowest BCUT2D eigenvalue weighted by Crippen LogP contribution is -2.15. The molecule has 2 nitrogen and oxygen atoms in total. The Morgan fingerprint density at radius 1 is 0.343 bits per heavy atom. The summed E-state index contributed by atoms with van der Waals surface area (Å²) in [6.07, 6.45) is 40.5. The predicted molar refractivity (Wildman–Crippen MR) is 274 cm³/mol. The molecular weight excluding hydrogens is 841 g/mol. The van der Waals surface area contributed by atoms with E-state index in [1.54, 1.807) is 24.3 Å². The highest BCUT2D eigenvalue weighted by molar-refractivity contribution is 5.65. The van der Waals surface area contributed by atoms with Crippen LogP contribution >= 0.6 is 0 Å². The molecule has 6 heteroatoms. The van der Waals surface area contributed by atoms with Gasteiger partial charge in [0.2, 0.25) is 0 Å². The molecule has 6 rings (SSSR count). The van der Waals surface area contributed by atoms with E-state index in [-0.39, 0.29) is 11.5 Å². The van der Waals surface area contributed by atoms with Gasteiger partial charge in [0, 0.05) is 0 Å². The largest absolute Gasteiger partial charge is 0.435 e. The van der Waals surface area contributed by atoms with Gasteiger partial charge in [0.25, 0.3) is 0 Å². The van der Waals surface area contributed by atoms with Crippen LogP contribution in [0.3, 0.4) is 0 Å². The first-order valence-electron chi connectivity index (χ1n) is 27.1. The lowest BCUT2D eigenvalue weighted by atomic mass is 9.77. The summed E-state index contributed by atoms with van der Waals surface area (Å²) in [5.74, 6) is 4.13. The van der Waals surface area contributed by atoms with Gasteiger partial charge in [-0.05, 0) is 107 Å². The van der Waals surface area contributed by atoms with Gasteiger partial charge in [-0.3, -0.25) is 0 Å². The van der Waals surface area contributed by atoms with Crippen molar-refractivity contribution in [1.29, 1.82) is 0 Å². The van der Waals surface area contributed by atoms with Gasteiger partial charge in [-0.15, -0.1) is 0 Å². The van der Waals surface area contributed by atoms with Crippen LogP contribution in [0.4, 0.5) is 17.6 Å². The van der Waals surface area contributed by atoms with E-state index in [1.165, 1.54) is 184 Å². The average Bonchev–Trinajstić information content (AvgIpc) is 3.35. The number of aryl methyl sites for hydroxylation is 2. The van der Waals surface area contributed by atoms with E-state index in [0.29, 0.717) is 0 Å². The molecule has 2 fully saturated rings. The molecule has 2 aliphatic rings. The number of ether oxygens (including phenoxy) is 2. The van der Waals surface area contributed by atoms with Gasteiger partial charge in [-0.25, -0.2) is 0 Å². The number of benzene rings is 4. The molecule has 0 aromatic heterocycles. The van der Waals surface area contributed by atoms with Crippen molar-refractivity contribution in [2.75, 3.05) is 0 Å². The van der Waals surface area contributed by atoms with Crippen LogP contribution in [0.15, 0.2) is 97.1 Å². The smallest absolute Gasteiger partial charge is 0.387 e. The van der Waals surface area contributed by atoms with Crippen molar-refractivity contribution < 1.29 is 27.0 Å². The SMILES string of the molecule is CCCCCCCCCC[C@H]1CC[C@H](CCc2ccc(-c3ccc(OC(F)F)cc3)cc2)CC1.CCCCCCCCC[C@H]1CC[C@H](CCc2ccc(-c3ccc(OC(F)F)cc3)cc2)CC1. The summed E-state index contributed by atoms with van der Waals surface area (Å²) in [5, 5.41) is 0. The Kier molecular flexibility index (Phi) is 25.9. The molecule has 0 atom stereocenters. The van der Waals surface area contributed by atoms with Gasteiger partial charge in [-0.2, -0.15) is 17.6 Å². The van der Waals surface area contributed by atoms with Gasteiger partial charge in [0.1, 0.15) is 11.5 Å². The Bertz CT molecular complexity index is 1810. The van der Waals surface area contributed by atoms with Gasteiger partial charge < -0.3 is 9.47 Å². The van der Waals surface area contributed by atoms with Gasteiger partial charge in [0.05, 0.1) is 0 Å². The van der Waals surface area contributed by atoms with Gasteiger partial charge in [-0.1, -0.05) is 247 Å². The van der Waals surface area contributed by atoms with E-state index in [9.17, 15) is 17.6 Å². The minimum absolute atomic E-state index is 0.197. The van der Waals surface area contributed by atoms with Crippen molar-refractivity contribution in [2.45, 2.75) is 213 Å². The number of rotatable bonds is 29. The lowest BCUT2D eigenvalue weighted by molar-refractivity contribution is -0.0505. The molecule has 0 unspecified atom stereocenters. The Morgan fingerprint density at radius 3 is 0.881 bits per heavy atom. The Balaban J connectivity index is 0.000000251. The van der Waals surface area contributed by atoms with Crippen LogP contribution < -0.4 is 9.47 Å². The molecule has 4 aromatic carbocycles. The molecule has 0 spiro atoms. The molecule has 370 valence electrons. The van der Waals surface area contributed by atoms with Crippen molar-refractivity contribution in [3.8, 4) is 33.8 Å². The molecule has 0 bridgehead atoms. The Labute approximate surface area is 404 Å². The first-order chi connectivity index (χ1) is 32.8. The summed E-state index contributed by atoms with van der Waals surface area (Å²) in [7, 11) is 0. The van der Waals surface area contributed by atoms with Crippen molar-refractivity contribution in [3.05, 3.63) is 108 Å². The predicted octanol–water partition coefficient (Wildman–Crippen LogP) is 20.1. The molecule has 4 aromatic rings. The standard InChI is InChI=1S/C31H44F2O.C30H42F2O/c1-2-3-4-5-6-7-8-9-10-25-11-13-26(14-12-25)15-16-27-17-19-28(20-18-27)29-21-23-30(24-22-29)34-31(32)33;1-2-3-4-5-6-7-8-9-24-10-12-25(13-11-24)14-15-26-16-18-27(19-17-26)28-20-22-29(23-21-28)33-30(31)32/h17-26,31H,2-16H2,1H3;16-25,30H,2-15H2,1H3/t25-,26-;24-,25-. The highest BCUT2D eigenvalue weighted by atomic mass is 19.3. The second kappa shape index (κ2) is 32.1. The fraction of sp³-hybridized carbons (Fsp3) is 0.607. The summed E-state index contributed by atoms with van der Waals surface area (Å²) >= 11 is 0. The van der Waals surface area contributed by atoms with Gasteiger partial charge in [0.15, 0.2) is 0 Å². The number of hydrogen-bond acceptors (Lipinski definition) is 2. The summed E-state index contributed by atoms with van der Waals surface area (Å²) < 4.78 is 58.1. The third-order valence-corrected chi connectivity index (χ3v) is 15.0. The maximum absolute atomic E-state index is 12.3. The maximum Gasteiger partial charge on any atom is 0.387 e. The van der Waals surface area contributed by atoms with Crippen LogP contribution in [0.2, 0.25) is 0 Å². The third kappa shape index (κ3) is 22.0. The zero-order chi connectivity index (χ0) is 47.3. The summed E-state index contributed by atoms with van der Waals surface area (Å²) in [6.45, 7) is -0.993. The van der Waals surface area contributed by atoms with Crippen LogP contribution in [-0.2, 0) is 12.8 Å². The number of unbranched alkanes of at least 4 members (excludes halogenated alkanes) is 13. The second-order valence-electron chi connectivity index (χ2n) is 20.2. The van der Waals surface area contributed by atoms with E-state index >= 15 is 0 Å². The van der Waals surface area contributed by atoms with E-state index in [0.717, 1.165) is 58.8 Å². The minimum atomic E-state index is -2.78. The quantitative estimate of drug-likeness (QED) is 0.0399. The monoisotopic (exact) mass is 927 g/mol. The topological polar surface area (TPSA) is 18.5 Å². The normalized spacial score (nSPS) is 18.4. The van der Waals surface area contributed by atoms with E-state index < -0.39 is 13.2 Å². The highest BCUT2D eigenvalue weighted by Gasteiger charge is 2.22. The Morgan fingerprint density at radius 2 is 0.597 bits per heavy atom. The molecule has 0 radical (unpaired) electrons. The third-order valence-electron chi connectivity index (χ3n) is 15.0. The van der Waals surface area contributed by atoms with E-state index in [2.05, 4.69) is 71.9 Å². The number of hydrogen-bond donors (Lipinski definition) is 0. The minimum Gasteiger partial charge on any atom is -0.435 e. The zero-order valence-corrected chi connectivity index (χ0v) is 41.5. The fourth-order valence-electron chi connectivity index (χ4n) is 10.7. The number of alkyl halides is 4. The molecule has 0 heterocycles. The molecule has 0 amide bonds. The Hall–Kier alpha value is -3.80. The summed E-state index contributed by atoms with van der Waals surface area (Å²) in [4.78, 5) is 0. The van der Waals surface area contributed by atoms with Crippen LogP contribution in [0.25, 0.3) is 22.3 Å². The van der Waals surface area contributed by atoms with Crippen LogP contribution in [0.5, 0.6) is 11.5 Å². The molecular formula is C61H86F4O2. The summed E-state index contributed by atoms with van der Waals surface area (Å²) in [5.41, 5.74) is 7.02. The fourth-order valence-corrected chi connectivity index (χ4v) is 10.7. The van der Waals surface area contributed by atoms with Crippen LogP contribution in [0.1, 0.15) is 198 Å². The zero-order valence-electron chi connectivity index (χ0n) is 41.5. The maximum atomic E-state index is 12.3.